The van der Waals surface area contributed by atoms with Gasteiger partial charge in [-0.25, -0.2) is 4.98 Å². The van der Waals surface area contributed by atoms with Crippen LogP contribution in [0, 0.1) is 0 Å². The van der Waals surface area contributed by atoms with Crippen molar-refractivity contribution in [2.24, 2.45) is 0 Å². The fourth-order valence-electron chi connectivity index (χ4n) is 2.31. The summed E-state index contributed by atoms with van der Waals surface area (Å²) in [6.45, 7) is 0.361. The highest BCUT2D eigenvalue weighted by molar-refractivity contribution is 5.69. The van der Waals surface area contributed by atoms with Gasteiger partial charge in [-0.1, -0.05) is 12.1 Å². The molecule has 2 heterocycles. The van der Waals surface area contributed by atoms with Gasteiger partial charge in [-0.15, -0.1) is 0 Å². The van der Waals surface area contributed by atoms with Crippen molar-refractivity contribution in [3.8, 4) is 17.0 Å². The minimum absolute atomic E-state index is 0.00422. The first-order chi connectivity index (χ1) is 12.3. The number of hydrogen-bond acceptors (Lipinski definition) is 7. The van der Waals surface area contributed by atoms with Gasteiger partial charge >= 0.3 is 0 Å². The zero-order valence-corrected chi connectivity index (χ0v) is 13.8. The van der Waals surface area contributed by atoms with Crippen LogP contribution >= 0.6 is 0 Å². The van der Waals surface area contributed by atoms with Gasteiger partial charge in [0.05, 0.1) is 25.1 Å². The van der Waals surface area contributed by atoms with Crippen molar-refractivity contribution in [3.63, 3.8) is 0 Å². The number of aromatic nitrogens is 3. The summed E-state index contributed by atoms with van der Waals surface area (Å²) in [6.07, 6.45) is 3.45. The van der Waals surface area contributed by atoms with E-state index in [4.69, 9.17) is 9.84 Å². The van der Waals surface area contributed by atoms with Gasteiger partial charge in [-0.3, -0.25) is 4.98 Å². The van der Waals surface area contributed by atoms with Crippen molar-refractivity contribution in [1.82, 2.24) is 15.0 Å². The number of aliphatic hydroxyl groups is 1. The predicted molar refractivity (Wildman–Crippen MR) is 97.1 cm³/mol. The average molecular weight is 337 g/mol. The Bertz CT molecular complexity index is 827. The van der Waals surface area contributed by atoms with E-state index in [1.54, 1.807) is 19.5 Å². The van der Waals surface area contributed by atoms with Crippen molar-refractivity contribution in [2.75, 3.05) is 30.9 Å². The van der Waals surface area contributed by atoms with E-state index in [-0.39, 0.29) is 6.61 Å². The van der Waals surface area contributed by atoms with Crippen LogP contribution in [0.4, 0.5) is 17.5 Å². The summed E-state index contributed by atoms with van der Waals surface area (Å²) in [5.41, 5.74) is 2.40. The number of hydrogen-bond donors (Lipinski definition) is 3. The second-order valence-corrected chi connectivity index (χ2v) is 5.18. The quantitative estimate of drug-likeness (QED) is 0.610. The van der Waals surface area contributed by atoms with Crippen molar-refractivity contribution >= 4 is 17.5 Å². The van der Waals surface area contributed by atoms with E-state index >= 15 is 0 Å². The van der Waals surface area contributed by atoms with Gasteiger partial charge in [0.2, 0.25) is 5.95 Å². The van der Waals surface area contributed by atoms with Crippen LogP contribution in [0.25, 0.3) is 11.3 Å². The molecule has 7 heteroatoms. The third-order valence-corrected chi connectivity index (χ3v) is 3.45. The highest BCUT2D eigenvalue weighted by Crippen LogP contribution is 2.28. The molecule has 0 unspecified atom stereocenters. The topological polar surface area (TPSA) is 92.2 Å². The number of ether oxygens (including phenoxy) is 1. The third kappa shape index (κ3) is 4.21. The van der Waals surface area contributed by atoms with E-state index in [1.165, 1.54) is 0 Å². The summed E-state index contributed by atoms with van der Waals surface area (Å²) in [7, 11) is 1.62. The van der Waals surface area contributed by atoms with Crippen molar-refractivity contribution in [2.45, 2.75) is 0 Å². The van der Waals surface area contributed by atoms with E-state index in [0.29, 0.717) is 24.1 Å². The first kappa shape index (κ1) is 16.7. The van der Waals surface area contributed by atoms with Gasteiger partial charge in [0, 0.05) is 30.6 Å². The molecule has 0 amide bonds. The fraction of sp³-hybridized carbons (Fsp3) is 0.167. The molecular weight excluding hydrogens is 318 g/mol. The SMILES string of the molecule is COc1ccccc1Nc1cc(-c2cccnc2)nc(NCCO)n1. The summed E-state index contributed by atoms with van der Waals surface area (Å²) in [6, 6.07) is 13.2. The van der Waals surface area contributed by atoms with Crippen LogP contribution in [0.2, 0.25) is 0 Å². The Morgan fingerprint density at radius 3 is 2.76 bits per heavy atom. The number of aliphatic hydroxyl groups excluding tert-OH is 1. The molecule has 3 rings (SSSR count). The van der Waals surface area contributed by atoms with E-state index in [0.717, 1.165) is 16.9 Å². The number of anilines is 3. The largest absolute Gasteiger partial charge is 0.495 e. The van der Waals surface area contributed by atoms with E-state index in [2.05, 4.69) is 25.6 Å². The number of pyridine rings is 1. The average Bonchev–Trinajstić information content (AvgIpc) is 2.67. The third-order valence-electron chi connectivity index (χ3n) is 3.45. The van der Waals surface area contributed by atoms with Crippen LogP contribution in [0.15, 0.2) is 54.9 Å². The molecule has 0 aliphatic heterocycles. The zero-order valence-electron chi connectivity index (χ0n) is 13.8. The minimum atomic E-state index is -0.00422. The summed E-state index contributed by atoms with van der Waals surface area (Å²) >= 11 is 0. The maximum Gasteiger partial charge on any atom is 0.225 e. The van der Waals surface area contributed by atoms with E-state index in [9.17, 15) is 0 Å². The molecule has 0 saturated heterocycles. The fourth-order valence-corrected chi connectivity index (χ4v) is 2.31. The summed E-state index contributed by atoms with van der Waals surface area (Å²) in [4.78, 5) is 13.1. The molecule has 3 N–H and O–H groups in total. The Labute approximate surface area is 145 Å². The first-order valence-corrected chi connectivity index (χ1v) is 7.84. The normalized spacial score (nSPS) is 10.3. The Balaban J connectivity index is 1.97. The maximum atomic E-state index is 9.03. The van der Waals surface area contributed by atoms with E-state index < -0.39 is 0 Å². The minimum Gasteiger partial charge on any atom is -0.495 e. The van der Waals surface area contributed by atoms with Gasteiger partial charge in [-0.05, 0) is 24.3 Å². The number of methoxy groups -OCH3 is 1. The lowest BCUT2D eigenvalue weighted by molar-refractivity contribution is 0.311. The highest BCUT2D eigenvalue weighted by atomic mass is 16.5. The Morgan fingerprint density at radius 2 is 2.00 bits per heavy atom. The first-order valence-electron chi connectivity index (χ1n) is 7.84. The summed E-state index contributed by atoms with van der Waals surface area (Å²) in [5.74, 6) is 1.75. The van der Waals surface area contributed by atoms with Crippen LogP contribution in [0.1, 0.15) is 0 Å². The molecule has 0 atom stereocenters. The molecular formula is C18H19N5O2. The molecule has 0 aliphatic carbocycles. The highest BCUT2D eigenvalue weighted by Gasteiger charge is 2.09. The van der Waals surface area contributed by atoms with Gasteiger partial charge in [0.1, 0.15) is 11.6 Å². The van der Waals surface area contributed by atoms with Crippen LogP contribution in [-0.2, 0) is 0 Å². The molecule has 0 spiro atoms. The number of nitrogens with zero attached hydrogens (tertiary/aromatic N) is 3. The standard InChI is InChI=1S/C18H19N5O2/c1-25-16-7-3-2-6-14(16)21-17-11-15(13-5-4-8-19-12-13)22-18(23-17)20-9-10-24/h2-8,11-12,24H,9-10H2,1H3,(H2,20,21,22,23). The van der Waals surface area contributed by atoms with Crippen LogP contribution < -0.4 is 15.4 Å². The molecule has 2 aromatic heterocycles. The Morgan fingerprint density at radius 1 is 1.12 bits per heavy atom. The maximum absolute atomic E-state index is 9.03. The van der Waals surface area contributed by atoms with Crippen LogP contribution in [-0.4, -0.2) is 40.3 Å². The Kier molecular flexibility index (Phi) is 5.38. The second kappa shape index (κ2) is 8.07. The zero-order chi connectivity index (χ0) is 17.5. The molecule has 0 aliphatic rings. The molecule has 0 fully saturated rings. The number of benzene rings is 1. The molecule has 3 aromatic rings. The number of nitrogens with one attached hydrogen (secondary N) is 2. The van der Waals surface area contributed by atoms with Gasteiger partial charge < -0.3 is 20.5 Å². The summed E-state index contributed by atoms with van der Waals surface area (Å²) < 4.78 is 5.36. The predicted octanol–water partition coefficient (Wildman–Crippen LogP) is 2.70. The van der Waals surface area contributed by atoms with Crippen molar-refractivity contribution in [1.29, 1.82) is 0 Å². The van der Waals surface area contributed by atoms with Crippen LogP contribution in [0.3, 0.4) is 0 Å². The molecule has 128 valence electrons. The molecule has 0 bridgehead atoms. The molecule has 0 saturated carbocycles. The molecule has 1 aromatic carbocycles. The second-order valence-electron chi connectivity index (χ2n) is 5.18. The summed E-state index contributed by atoms with van der Waals surface area (Å²) in [5, 5.41) is 15.3. The van der Waals surface area contributed by atoms with Gasteiger partial charge in [0.15, 0.2) is 0 Å². The lowest BCUT2D eigenvalue weighted by Gasteiger charge is -2.13. The lowest BCUT2D eigenvalue weighted by Crippen LogP contribution is -2.10. The van der Waals surface area contributed by atoms with E-state index in [1.807, 2.05) is 42.5 Å². The Hall–Kier alpha value is -3.19. The smallest absolute Gasteiger partial charge is 0.225 e. The number of para-hydroxylation sites is 2. The van der Waals surface area contributed by atoms with Crippen LogP contribution in [0.5, 0.6) is 5.75 Å². The monoisotopic (exact) mass is 337 g/mol. The molecule has 0 radical (unpaired) electrons. The van der Waals surface area contributed by atoms with Gasteiger partial charge in [0.25, 0.3) is 0 Å². The van der Waals surface area contributed by atoms with Crippen molar-refractivity contribution < 1.29 is 9.84 Å². The van der Waals surface area contributed by atoms with Gasteiger partial charge in [-0.2, -0.15) is 4.98 Å². The molecule has 25 heavy (non-hydrogen) atoms. The molecule has 7 nitrogen and oxygen atoms in total. The lowest BCUT2D eigenvalue weighted by atomic mass is 10.2. The van der Waals surface area contributed by atoms with Crippen molar-refractivity contribution in [3.05, 3.63) is 54.9 Å². The number of rotatable bonds is 7.